The summed E-state index contributed by atoms with van der Waals surface area (Å²) in [5, 5.41) is 19.4. The molecule has 1 aromatic rings. The molecule has 3 rings (SSSR count). The maximum absolute atomic E-state index is 12.6. The smallest absolute Gasteiger partial charge is 0.272 e. The Morgan fingerprint density at radius 2 is 2.24 bits per heavy atom. The molecule has 5 heteroatoms. The third-order valence-electron chi connectivity index (χ3n) is 4.98. The summed E-state index contributed by atoms with van der Waals surface area (Å²) in [7, 11) is 0. The maximum Gasteiger partial charge on any atom is 0.272 e. The van der Waals surface area contributed by atoms with Crippen LogP contribution in [0.15, 0.2) is 18.3 Å². The minimum absolute atomic E-state index is 0.0918. The molecule has 2 fully saturated rings. The molecule has 0 aromatic carbocycles. The van der Waals surface area contributed by atoms with Crippen molar-refractivity contribution in [1.29, 1.82) is 0 Å². The zero-order chi connectivity index (χ0) is 14.9. The molecular formula is C16H22N2O3. The molecule has 0 bridgehead atoms. The van der Waals surface area contributed by atoms with E-state index < -0.39 is 0 Å². The zero-order valence-electron chi connectivity index (χ0n) is 12.2. The van der Waals surface area contributed by atoms with E-state index in [0.29, 0.717) is 17.8 Å². The van der Waals surface area contributed by atoms with Gasteiger partial charge < -0.3 is 15.1 Å². The number of aliphatic hydroxyl groups excluding tert-OH is 2. The molecular weight excluding hydrogens is 268 g/mol. The van der Waals surface area contributed by atoms with Gasteiger partial charge in [0.1, 0.15) is 5.69 Å². The van der Waals surface area contributed by atoms with Crippen LogP contribution >= 0.6 is 0 Å². The van der Waals surface area contributed by atoms with Gasteiger partial charge in [-0.05, 0) is 43.4 Å². The van der Waals surface area contributed by atoms with Crippen LogP contribution in [0.4, 0.5) is 0 Å². The van der Waals surface area contributed by atoms with E-state index in [4.69, 9.17) is 0 Å². The normalized spacial score (nSPS) is 29.0. The molecule has 1 aromatic heterocycles. The van der Waals surface area contributed by atoms with Gasteiger partial charge >= 0.3 is 0 Å². The molecule has 1 saturated heterocycles. The first kappa shape index (κ1) is 14.5. The molecule has 1 aliphatic heterocycles. The molecule has 114 valence electrons. The van der Waals surface area contributed by atoms with Crippen molar-refractivity contribution in [2.24, 2.45) is 5.41 Å². The molecule has 1 saturated carbocycles. The summed E-state index contributed by atoms with van der Waals surface area (Å²) in [4.78, 5) is 18.6. The highest BCUT2D eigenvalue weighted by Crippen LogP contribution is 2.45. The van der Waals surface area contributed by atoms with E-state index in [-0.39, 0.29) is 24.0 Å². The van der Waals surface area contributed by atoms with Crippen molar-refractivity contribution in [3.63, 3.8) is 0 Å². The zero-order valence-corrected chi connectivity index (χ0v) is 12.2. The standard InChI is InChI=1S/C16H22N2O3/c19-10-12-4-7-17-13(9-12)15(21)18-8-2-6-16(11-18)5-1-3-14(16)20/h4,7,9,14,19-20H,1-3,5-6,8,10-11H2/t14-,16-/m1/s1. The lowest BCUT2D eigenvalue weighted by Crippen LogP contribution is -2.49. The highest BCUT2D eigenvalue weighted by atomic mass is 16.3. The quantitative estimate of drug-likeness (QED) is 0.862. The van der Waals surface area contributed by atoms with Crippen molar-refractivity contribution >= 4 is 5.91 Å². The Kier molecular flexibility index (Phi) is 3.95. The molecule has 2 heterocycles. The first-order valence-electron chi connectivity index (χ1n) is 7.68. The number of likely N-dealkylation sites (tertiary alicyclic amines) is 1. The number of pyridine rings is 1. The third kappa shape index (κ3) is 2.68. The van der Waals surface area contributed by atoms with Crippen LogP contribution in [0.2, 0.25) is 0 Å². The lowest BCUT2D eigenvalue weighted by atomic mass is 9.76. The highest BCUT2D eigenvalue weighted by molar-refractivity contribution is 5.92. The number of nitrogens with zero attached hydrogens (tertiary/aromatic N) is 2. The predicted molar refractivity (Wildman–Crippen MR) is 77.6 cm³/mol. The summed E-state index contributed by atoms with van der Waals surface area (Å²) in [6.45, 7) is 1.25. The van der Waals surface area contributed by atoms with Gasteiger partial charge in [-0.1, -0.05) is 6.42 Å². The van der Waals surface area contributed by atoms with Crippen molar-refractivity contribution in [3.05, 3.63) is 29.6 Å². The molecule has 21 heavy (non-hydrogen) atoms. The number of aliphatic hydroxyl groups is 2. The Balaban J connectivity index is 1.78. The van der Waals surface area contributed by atoms with E-state index in [0.717, 1.165) is 38.6 Å². The second kappa shape index (κ2) is 5.73. The maximum atomic E-state index is 12.6. The summed E-state index contributed by atoms with van der Waals surface area (Å²) >= 11 is 0. The monoisotopic (exact) mass is 290 g/mol. The number of piperidine rings is 1. The average Bonchev–Trinajstić information content (AvgIpc) is 2.87. The number of aromatic nitrogens is 1. The molecule has 1 spiro atoms. The van der Waals surface area contributed by atoms with Crippen LogP contribution in [-0.2, 0) is 6.61 Å². The van der Waals surface area contributed by atoms with Gasteiger partial charge in [0.2, 0.25) is 0 Å². The van der Waals surface area contributed by atoms with Crippen LogP contribution in [0, 0.1) is 5.41 Å². The topological polar surface area (TPSA) is 73.7 Å². The number of carbonyl (C=O) groups is 1. The summed E-state index contributed by atoms with van der Waals surface area (Å²) in [6.07, 6.45) is 6.10. The predicted octanol–water partition coefficient (Wildman–Crippen LogP) is 1.34. The van der Waals surface area contributed by atoms with Gasteiger partial charge in [0.25, 0.3) is 5.91 Å². The fourth-order valence-electron chi connectivity index (χ4n) is 3.78. The van der Waals surface area contributed by atoms with Crippen molar-refractivity contribution < 1.29 is 15.0 Å². The van der Waals surface area contributed by atoms with Gasteiger partial charge in [0, 0.05) is 24.7 Å². The summed E-state index contributed by atoms with van der Waals surface area (Å²) in [5.41, 5.74) is 0.967. The van der Waals surface area contributed by atoms with Gasteiger partial charge in [-0.15, -0.1) is 0 Å². The lowest BCUT2D eigenvalue weighted by molar-refractivity contribution is -0.00556. The van der Waals surface area contributed by atoms with E-state index in [1.54, 1.807) is 18.3 Å². The van der Waals surface area contributed by atoms with Crippen LogP contribution in [-0.4, -0.2) is 45.2 Å². The van der Waals surface area contributed by atoms with Crippen molar-refractivity contribution in [2.45, 2.75) is 44.8 Å². The molecule has 0 unspecified atom stereocenters. The van der Waals surface area contributed by atoms with Gasteiger partial charge in [-0.25, -0.2) is 0 Å². The Morgan fingerprint density at radius 3 is 2.95 bits per heavy atom. The first-order valence-corrected chi connectivity index (χ1v) is 7.68. The van der Waals surface area contributed by atoms with E-state index in [9.17, 15) is 15.0 Å². The number of amides is 1. The van der Waals surface area contributed by atoms with Crippen LogP contribution in [0.25, 0.3) is 0 Å². The van der Waals surface area contributed by atoms with E-state index >= 15 is 0 Å². The first-order chi connectivity index (χ1) is 10.1. The summed E-state index contributed by atoms with van der Waals surface area (Å²) in [5.74, 6) is -0.0940. The second-order valence-electron chi connectivity index (χ2n) is 6.31. The minimum Gasteiger partial charge on any atom is -0.392 e. The van der Waals surface area contributed by atoms with E-state index in [1.165, 1.54) is 0 Å². The number of rotatable bonds is 2. The SMILES string of the molecule is O=C(c1cc(CO)ccn1)N1CCC[C@]2(CCC[C@H]2O)C1. The third-order valence-corrected chi connectivity index (χ3v) is 4.98. The average molecular weight is 290 g/mol. The second-order valence-corrected chi connectivity index (χ2v) is 6.31. The summed E-state index contributed by atoms with van der Waals surface area (Å²) in [6, 6.07) is 3.35. The Labute approximate surface area is 124 Å². The fourth-order valence-corrected chi connectivity index (χ4v) is 3.78. The molecule has 5 nitrogen and oxygen atoms in total. The van der Waals surface area contributed by atoms with Gasteiger partial charge in [-0.2, -0.15) is 0 Å². The summed E-state index contributed by atoms with van der Waals surface area (Å²) < 4.78 is 0. The van der Waals surface area contributed by atoms with Crippen LogP contribution in [0.1, 0.15) is 48.2 Å². The lowest BCUT2D eigenvalue weighted by Gasteiger charge is -2.42. The van der Waals surface area contributed by atoms with E-state index in [1.807, 2.05) is 4.90 Å². The molecule has 2 aliphatic rings. The largest absolute Gasteiger partial charge is 0.392 e. The van der Waals surface area contributed by atoms with Gasteiger partial charge in [0.15, 0.2) is 0 Å². The fraction of sp³-hybridized carbons (Fsp3) is 0.625. The Hall–Kier alpha value is -1.46. The Morgan fingerprint density at radius 1 is 1.43 bits per heavy atom. The van der Waals surface area contributed by atoms with Crippen LogP contribution in [0.5, 0.6) is 0 Å². The van der Waals surface area contributed by atoms with Crippen molar-refractivity contribution in [3.8, 4) is 0 Å². The van der Waals surface area contributed by atoms with E-state index in [2.05, 4.69) is 4.98 Å². The molecule has 0 radical (unpaired) electrons. The number of carbonyl (C=O) groups excluding carboxylic acids is 1. The number of hydrogen-bond donors (Lipinski definition) is 2. The minimum atomic E-state index is -0.287. The van der Waals surface area contributed by atoms with Crippen LogP contribution < -0.4 is 0 Å². The molecule has 2 atom stereocenters. The highest BCUT2D eigenvalue weighted by Gasteiger charge is 2.45. The molecule has 1 aliphatic carbocycles. The van der Waals surface area contributed by atoms with Crippen LogP contribution in [0.3, 0.4) is 0 Å². The van der Waals surface area contributed by atoms with Crippen molar-refractivity contribution in [2.75, 3.05) is 13.1 Å². The molecule has 1 amide bonds. The van der Waals surface area contributed by atoms with Crippen molar-refractivity contribution in [1.82, 2.24) is 9.88 Å². The van der Waals surface area contributed by atoms with Gasteiger partial charge in [-0.3, -0.25) is 9.78 Å². The Bertz CT molecular complexity index is 534. The number of hydrogen-bond acceptors (Lipinski definition) is 4. The van der Waals surface area contributed by atoms with Gasteiger partial charge in [0.05, 0.1) is 12.7 Å². The molecule has 2 N–H and O–H groups in total.